The van der Waals surface area contributed by atoms with Crippen molar-refractivity contribution in [1.29, 1.82) is 0 Å². The molecule has 2 rings (SSSR count). The van der Waals surface area contributed by atoms with E-state index in [2.05, 4.69) is 0 Å². The molecule has 0 aliphatic carbocycles. The molecular formula is C17H17F3N2O3S. The summed E-state index contributed by atoms with van der Waals surface area (Å²) in [6, 6.07) is 7.21. The van der Waals surface area contributed by atoms with Gasteiger partial charge in [-0.15, -0.1) is 0 Å². The average molecular weight is 386 g/mol. The molecule has 0 saturated heterocycles. The molecule has 1 amide bonds. The van der Waals surface area contributed by atoms with E-state index in [4.69, 9.17) is 0 Å². The van der Waals surface area contributed by atoms with Gasteiger partial charge in [0.1, 0.15) is 17.5 Å². The van der Waals surface area contributed by atoms with Crippen LogP contribution in [0.15, 0.2) is 47.4 Å². The molecular weight excluding hydrogens is 369 g/mol. The Hall–Kier alpha value is -2.39. The number of nitrogens with zero attached hydrogens (tertiary/aromatic N) is 2. The molecule has 0 unspecified atom stereocenters. The van der Waals surface area contributed by atoms with Crippen LogP contribution >= 0.6 is 0 Å². The van der Waals surface area contributed by atoms with Crippen LogP contribution in [-0.4, -0.2) is 44.2 Å². The summed E-state index contributed by atoms with van der Waals surface area (Å²) >= 11 is 0. The van der Waals surface area contributed by atoms with Crippen LogP contribution in [0.1, 0.15) is 5.56 Å². The number of halogens is 3. The molecule has 0 fully saturated rings. The highest BCUT2D eigenvalue weighted by molar-refractivity contribution is 7.89. The average Bonchev–Trinajstić information content (AvgIpc) is 2.57. The van der Waals surface area contributed by atoms with E-state index in [9.17, 15) is 26.4 Å². The highest BCUT2D eigenvalue weighted by Gasteiger charge is 2.24. The third-order valence-electron chi connectivity index (χ3n) is 3.73. The zero-order valence-corrected chi connectivity index (χ0v) is 14.9. The van der Waals surface area contributed by atoms with E-state index in [0.29, 0.717) is 6.07 Å². The summed E-state index contributed by atoms with van der Waals surface area (Å²) in [4.78, 5) is 13.2. The molecule has 0 atom stereocenters. The van der Waals surface area contributed by atoms with E-state index in [1.165, 1.54) is 20.2 Å². The van der Waals surface area contributed by atoms with Gasteiger partial charge in [-0.1, -0.05) is 6.07 Å². The van der Waals surface area contributed by atoms with E-state index < -0.39 is 39.9 Å². The summed E-state index contributed by atoms with van der Waals surface area (Å²) in [5.41, 5.74) is 0.103. The van der Waals surface area contributed by atoms with Crippen LogP contribution in [0, 0.1) is 17.5 Å². The van der Waals surface area contributed by atoms with E-state index >= 15 is 0 Å². The van der Waals surface area contributed by atoms with Crippen molar-refractivity contribution in [1.82, 2.24) is 9.21 Å². The summed E-state index contributed by atoms with van der Waals surface area (Å²) in [5.74, 6) is -2.69. The van der Waals surface area contributed by atoms with Gasteiger partial charge in [0, 0.05) is 32.3 Å². The van der Waals surface area contributed by atoms with Gasteiger partial charge in [0.2, 0.25) is 15.9 Å². The second-order valence-electron chi connectivity index (χ2n) is 5.70. The first-order valence-corrected chi connectivity index (χ1v) is 8.95. The Balaban J connectivity index is 2.06. The van der Waals surface area contributed by atoms with Gasteiger partial charge in [0.15, 0.2) is 0 Å². The third-order valence-corrected chi connectivity index (χ3v) is 5.55. The molecule has 0 aliphatic rings. The van der Waals surface area contributed by atoms with Crippen molar-refractivity contribution in [3.8, 4) is 0 Å². The molecule has 0 radical (unpaired) electrons. The fourth-order valence-corrected chi connectivity index (χ4v) is 3.30. The fourth-order valence-electron chi connectivity index (χ4n) is 2.18. The predicted octanol–water partition coefficient (Wildman–Crippen LogP) is 2.38. The zero-order chi connectivity index (χ0) is 19.5. The van der Waals surface area contributed by atoms with E-state index in [1.807, 2.05) is 0 Å². The maximum Gasteiger partial charge on any atom is 0.243 e. The standard InChI is InChI=1S/C17H17F3N2O3S/c1-21(10-12-3-4-14(19)9-16(12)20)17(23)11-22(2)26(24,25)15-7-5-13(18)6-8-15/h3-9H,10-11H2,1-2H3. The molecule has 2 aromatic carbocycles. The van der Waals surface area contributed by atoms with Crippen LogP contribution in [0.25, 0.3) is 0 Å². The maximum atomic E-state index is 13.7. The van der Waals surface area contributed by atoms with Crippen molar-refractivity contribution in [2.45, 2.75) is 11.4 Å². The highest BCUT2D eigenvalue weighted by Crippen LogP contribution is 2.16. The van der Waals surface area contributed by atoms with Crippen molar-refractivity contribution in [2.75, 3.05) is 20.6 Å². The first kappa shape index (κ1) is 19.9. The second kappa shape index (κ2) is 7.88. The number of benzene rings is 2. The molecule has 2 aromatic rings. The zero-order valence-electron chi connectivity index (χ0n) is 14.1. The van der Waals surface area contributed by atoms with Gasteiger partial charge in [-0.05, 0) is 30.3 Å². The number of likely N-dealkylation sites (N-methyl/N-ethyl adjacent to an activating group) is 2. The van der Waals surface area contributed by atoms with Crippen LogP contribution in [-0.2, 0) is 21.4 Å². The Morgan fingerprint density at radius 1 is 0.962 bits per heavy atom. The quantitative estimate of drug-likeness (QED) is 0.766. The van der Waals surface area contributed by atoms with Crippen LogP contribution < -0.4 is 0 Å². The van der Waals surface area contributed by atoms with E-state index in [1.54, 1.807) is 0 Å². The molecule has 0 aliphatic heterocycles. The molecule has 0 spiro atoms. The molecule has 0 aromatic heterocycles. The Morgan fingerprint density at radius 2 is 1.54 bits per heavy atom. The number of amides is 1. The smallest absolute Gasteiger partial charge is 0.243 e. The molecule has 5 nitrogen and oxygen atoms in total. The van der Waals surface area contributed by atoms with Gasteiger partial charge in [0.25, 0.3) is 0 Å². The lowest BCUT2D eigenvalue weighted by Crippen LogP contribution is -2.39. The summed E-state index contributed by atoms with van der Waals surface area (Å²) in [6.45, 7) is -0.631. The number of hydrogen-bond donors (Lipinski definition) is 0. The lowest BCUT2D eigenvalue weighted by Gasteiger charge is -2.22. The van der Waals surface area contributed by atoms with Gasteiger partial charge in [-0.2, -0.15) is 4.31 Å². The maximum absolute atomic E-state index is 13.7. The molecule has 26 heavy (non-hydrogen) atoms. The largest absolute Gasteiger partial charge is 0.340 e. The summed E-state index contributed by atoms with van der Waals surface area (Å²) < 4.78 is 65.1. The van der Waals surface area contributed by atoms with E-state index in [0.717, 1.165) is 39.5 Å². The van der Waals surface area contributed by atoms with Gasteiger partial charge in [-0.25, -0.2) is 21.6 Å². The minimum absolute atomic E-state index is 0.103. The molecule has 0 N–H and O–H groups in total. The van der Waals surface area contributed by atoms with Crippen molar-refractivity contribution < 1.29 is 26.4 Å². The monoisotopic (exact) mass is 386 g/mol. The Kier molecular flexibility index (Phi) is 6.04. The molecule has 140 valence electrons. The highest BCUT2D eigenvalue weighted by atomic mass is 32.2. The van der Waals surface area contributed by atoms with Crippen molar-refractivity contribution in [3.05, 3.63) is 65.5 Å². The Labute approximate surface area is 149 Å². The third kappa shape index (κ3) is 4.61. The Morgan fingerprint density at radius 3 is 2.12 bits per heavy atom. The van der Waals surface area contributed by atoms with Crippen LogP contribution in [0.3, 0.4) is 0 Å². The second-order valence-corrected chi connectivity index (χ2v) is 7.75. The fraction of sp³-hybridized carbons (Fsp3) is 0.235. The van der Waals surface area contributed by atoms with Gasteiger partial charge in [-0.3, -0.25) is 4.79 Å². The van der Waals surface area contributed by atoms with Crippen LogP contribution in [0.4, 0.5) is 13.2 Å². The first-order valence-electron chi connectivity index (χ1n) is 7.51. The molecule has 0 heterocycles. The van der Waals surface area contributed by atoms with Gasteiger partial charge < -0.3 is 4.90 Å². The van der Waals surface area contributed by atoms with Crippen molar-refractivity contribution in [2.24, 2.45) is 0 Å². The molecule has 9 heteroatoms. The molecule has 0 saturated carbocycles. The van der Waals surface area contributed by atoms with E-state index in [-0.39, 0.29) is 17.0 Å². The number of carbonyl (C=O) groups is 1. The lowest BCUT2D eigenvalue weighted by molar-refractivity contribution is -0.130. The summed E-state index contributed by atoms with van der Waals surface area (Å²) in [6.07, 6.45) is 0. The van der Waals surface area contributed by atoms with Gasteiger partial charge in [0.05, 0.1) is 11.4 Å². The normalized spacial score (nSPS) is 11.6. The minimum atomic E-state index is -3.98. The molecule has 0 bridgehead atoms. The SMILES string of the molecule is CN(Cc1ccc(F)cc1F)C(=O)CN(C)S(=O)(=O)c1ccc(F)cc1. The summed E-state index contributed by atoms with van der Waals surface area (Å²) in [7, 11) is -1.39. The number of carbonyl (C=O) groups excluding carboxylic acids is 1. The topological polar surface area (TPSA) is 57.7 Å². The van der Waals surface area contributed by atoms with Crippen LogP contribution in [0.5, 0.6) is 0 Å². The first-order chi connectivity index (χ1) is 12.1. The van der Waals surface area contributed by atoms with Gasteiger partial charge >= 0.3 is 0 Å². The number of sulfonamides is 1. The minimum Gasteiger partial charge on any atom is -0.340 e. The summed E-state index contributed by atoms with van der Waals surface area (Å²) in [5, 5.41) is 0. The number of rotatable bonds is 6. The number of hydrogen-bond acceptors (Lipinski definition) is 3. The van der Waals surface area contributed by atoms with Crippen molar-refractivity contribution >= 4 is 15.9 Å². The van der Waals surface area contributed by atoms with Crippen molar-refractivity contribution in [3.63, 3.8) is 0 Å². The Bertz CT molecular complexity index is 902. The predicted molar refractivity (Wildman–Crippen MR) is 89.0 cm³/mol. The van der Waals surface area contributed by atoms with Crippen LogP contribution in [0.2, 0.25) is 0 Å². The lowest BCUT2D eigenvalue weighted by atomic mass is 10.2.